The highest BCUT2D eigenvalue weighted by Crippen LogP contribution is 2.35. The first kappa shape index (κ1) is 16.3. The number of carbonyl (C=O) groups excluding carboxylic acids is 1. The minimum atomic E-state index is -0.840. The molecule has 1 aromatic heterocycles. The number of aliphatic hydroxyl groups excluding tert-OH is 1. The van der Waals surface area contributed by atoms with Gasteiger partial charge >= 0.3 is 0 Å². The van der Waals surface area contributed by atoms with E-state index in [-0.39, 0.29) is 29.7 Å². The average Bonchev–Trinajstić information content (AvgIpc) is 2.93. The number of halogens is 2. The molecule has 0 spiro atoms. The summed E-state index contributed by atoms with van der Waals surface area (Å²) in [7, 11) is 1.56. The van der Waals surface area contributed by atoms with Crippen molar-refractivity contribution in [2.24, 2.45) is 7.05 Å². The molecule has 2 unspecified atom stereocenters. The molecule has 7 heteroatoms. The number of likely N-dealkylation sites (tertiary alicyclic amines) is 1. The van der Waals surface area contributed by atoms with Gasteiger partial charge < -0.3 is 14.6 Å². The third kappa shape index (κ3) is 2.94. The number of hydrogen-bond donors (Lipinski definition) is 1. The first-order valence-corrected chi connectivity index (χ1v) is 7.47. The van der Waals surface area contributed by atoms with Gasteiger partial charge in [0.2, 0.25) is 0 Å². The molecule has 1 fully saturated rings. The molecule has 0 aliphatic carbocycles. The van der Waals surface area contributed by atoms with E-state index in [2.05, 4.69) is 0 Å². The van der Waals surface area contributed by atoms with Gasteiger partial charge in [-0.25, -0.2) is 8.78 Å². The average molecular weight is 334 g/mol. The van der Waals surface area contributed by atoms with Crippen LogP contribution in [0.2, 0.25) is 0 Å². The number of pyridine rings is 1. The highest BCUT2D eigenvalue weighted by Gasteiger charge is 2.37. The maximum atomic E-state index is 14.1. The van der Waals surface area contributed by atoms with Crippen LogP contribution in [-0.4, -0.2) is 33.1 Å². The zero-order valence-electron chi connectivity index (χ0n) is 12.9. The lowest BCUT2D eigenvalue weighted by Crippen LogP contribution is -2.33. The Morgan fingerprint density at radius 3 is 2.71 bits per heavy atom. The summed E-state index contributed by atoms with van der Waals surface area (Å²) in [5.74, 6) is -1.76. The fourth-order valence-corrected chi connectivity index (χ4v) is 2.95. The molecule has 2 aromatic rings. The molecule has 1 aliphatic rings. The van der Waals surface area contributed by atoms with Crippen LogP contribution in [0.5, 0.6) is 0 Å². The second-order valence-electron chi connectivity index (χ2n) is 5.89. The summed E-state index contributed by atoms with van der Waals surface area (Å²) in [6.07, 6.45) is 0.727. The lowest BCUT2D eigenvalue weighted by molar-refractivity contribution is 0.0713. The van der Waals surface area contributed by atoms with E-state index in [0.717, 1.165) is 18.2 Å². The standard InChI is InChI=1S/C17H16F2N2O3/c1-20-5-4-10(6-16(20)23)17(24)21-9-12(22)8-15(21)13-7-11(18)2-3-14(13)19/h2-7,12,15,22H,8-9H2,1H3. The van der Waals surface area contributed by atoms with Crippen molar-refractivity contribution in [3.8, 4) is 0 Å². The first-order valence-electron chi connectivity index (χ1n) is 7.47. The molecular weight excluding hydrogens is 318 g/mol. The quantitative estimate of drug-likeness (QED) is 0.908. The number of carbonyl (C=O) groups is 1. The van der Waals surface area contributed by atoms with Crippen molar-refractivity contribution in [1.82, 2.24) is 9.47 Å². The Kier molecular flexibility index (Phi) is 4.19. The molecule has 2 atom stereocenters. The van der Waals surface area contributed by atoms with E-state index in [1.165, 1.54) is 27.8 Å². The fourth-order valence-electron chi connectivity index (χ4n) is 2.95. The number of benzene rings is 1. The van der Waals surface area contributed by atoms with Gasteiger partial charge in [-0.2, -0.15) is 0 Å². The van der Waals surface area contributed by atoms with Crippen molar-refractivity contribution in [2.45, 2.75) is 18.6 Å². The third-order valence-electron chi connectivity index (χ3n) is 4.21. The van der Waals surface area contributed by atoms with Gasteiger partial charge in [0, 0.05) is 37.0 Å². The van der Waals surface area contributed by atoms with Crippen LogP contribution in [-0.2, 0) is 7.05 Å². The van der Waals surface area contributed by atoms with E-state index >= 15 is 0 Å². The van der Waals surface area contributed by atoms with Gasteiger partial charge in [-0.3, -0.25) is 9.59 Å². The number of aryl methyl sites for hydroxylation is 1. The van der Waals surface area contributed by atoms with Crippen LogP contribution in [0.1, 0.15) is 28.4 Å². The minimum absolute atomic E-state index is 0.00529. The SMILES string of the molecule is Cn1ccc(C(=O)N2CC(O)CC2c2cc(F)ccc2F)cc1=O. The summed E-state index contributed by atoms with van der Waals surface area (Å²) in [6.45, 7) is -0.00529. The van der Waals surface area contributed by atoms with Gasteiger partial charge in [-0.1, -0.05) is 0 Å². The zero-order chi connectivity index (χ0) is 17.4. The summed E-state index contributed by atoms with van der Waals surface area (Å²) in [6, 6.07) is 4.90. The minimum Gasteiger partial charge on any atom is -0.391 e. The van der Waals surface area contributed by atoms with E-state index in [0.29, 0.717) is 0 Å². The molecule has 1 aliphatic heterocycles. The molecule has 2 heterocycles. The van der Waals surface area contributed by atoms with Crippen molar-refractivity contribution < 1.29 is 18.7 Å². The van der Waals surface area contributed by atoms with Crippen molar-refractivity contribution in [2.75, 3.05) is 6.54 Å². The van der Waals surface area contributed by atoms with Crippen LogP contribution in [0.4, 0.5) is 8.78 Å². The Bertz CT molecular complexity index is 850. The number of aliphatic hydroxyl groups is 1. The summed E-state index contributed by atoms with van der Waals surface area (Å²) in [4.78, 5) is 25.7. The largest absolute Gasteiger partial charge is 0.391 e. The van der Waals surface area contributed by atoms with E-state index in [1.807, 2.05) is 0 Å². The molecule has 0 radical (unpaired) electrons. The summed E-state index contributed by atoms with van der Waals surface area (Å²) < 4.78 is 28.9. The molecule has 5 nitrogen and oxygen atoms in total. The predicted octanol–water partition coefficient (Wildman–Crippen LogP) is 1.61. The van der Waals surface area contributed by atoms with Crippen LogP contribution in [0.15, 0.2) is 41.3 Å². The second-order valence-corrected chi connectivity index (χ2v) is 5.89. The van der Waals surface area contributed by atoms with E-state index in [4.69, 9.17) is 0 Å². The van der Waals surface area contributed by atoms with Gasteiger partial charge in [-0.15, -0.1) is 0 Å². The van der Waals surface area contributed by atoms with Crippen molar-refractivity contribution >= 4 is 5.91 Å². The molecule has 1 N–H and O–H groups in total. The van der Waals surface area contributed by atoms with Gasteiger partial charge in [0.25, 0.3) is 11.5 Å². The highest BCUT2D eigenvalue weighted by molar-refractivity contribution is 5.94. The summed E-state index contributed by atoms with van der Waals surface area (Å²) in [5.41, 5.74) is -0.188. The Balaban J connectivity index is 1.98. The van der Waals surface area contributed by atoms with Crippen LogP contribution in [0.25, 0.3) is 0 Å². The maximum absolute atomic E-state index is 14.1. The Hall–Kier alpha value is -2.54. The van der Waals surface area contributed by atoms with E-state index in [1.54, 1.807) is 7.05 Å². The number of amides is 1. The number of β-amino-alcohol motifs (C(OH)–C–C–N with tert-alkyl or cyclic N) is 1. The normalized spacial score (nSPS) is 20.4. The van der Waals surface area contributed by atoms with Gasteiger partial charge in [0.1, 0.15) is 11.6 Å². The maximum Gasteiger partial charge on any atom is 0.254 e. The monoisotopic (exact) mass is 334 g/mol. The topological polar surface area (TPSA) is 62.5 Å². The summed E-state index contributed by atoms with van der Waals surface area (Å²) in [5, 5.41) is 9.91. The molecule has 0 saturated carbocycles. The lowest BCUT2D eigenvalue weighted by atomic mass is 10.0. The molecule has 1 aromatic carbocycles. The van der Waals surface area contributed by atoms with E-state index < -0.39 is 29.7 Å². The zero-order valence-corrected chi connectivity index (χ0v) is 12.9. The fraction of sp³-hybridized carbons (Fsp3) is 0.294. The molecule has 1 saturated heterocycles. The van der Waals surface area contributed by atoms with E-state index in [9.17, 15) is 23.5 Å². The smallest absolute Gasteiger partial charge is 0.254 e. The Morgan fingerprint density at radius 1 is 1.25 bits per heavy atom. The Morgan fingerprint density at radius 2 is 2.00 bits per heavy atom. The molecule has 0 bridgehead atoms. The first-order chi connectivity index (χ1) is 11.4. The lowest BCUT2D eigenvalue weighted by Gasteiger charge is -2.25. The number of aromatic nitrogens is 1. The van der Waals surface area contributed by atoms with Crippen LogP contribution < -0.4 is 5.56 Å². The van der Waals surface area contributed by atoms with Crippen LogP contribution in [0, 0.1) is 11.6 Å². The second kappa shape index (κ2) is 6.16. The highest BCUT2D eigenvalue weighted by atomic mass is 19.1. The van der Waals surface area contributed by atoms with Crippen molar-refractivity contribution in [3.05, 3.63) is 69.6 Å². The number of hydrogen-bond acceptors (Lipinski definition) is 3. The van der Waals surface area contributed by atoms with Gasteiger partial charge in [0.05, 0.1) is 12.1 Å². The molecule has 24 heavy (non-hydrogen) atoms. The van der Waals surface area contributed by atoms with Crippen LogP contribution in [0.3, 0.4) is 0 Å². The van der Waals surface area contributed by atoms with Crippen molar-refractivity contribution in [3.63, 3.8) is 0 Å². The van der Waals surface area contributed by atoms with Crippen molar-refractivity contribution in [1.29, 1.82) is 0 Å². The van der Waals surface area contributed by atoms with Gasteiger partial charge in [-0.05, 0) is 30.7 Å². The van der Waals surface area contributed by atoms with Crippen LogP contribution >= 0.6 is 0 Å². The Labute approximate surface area is 136 Å². The molecule has 1 amide bonds. The third-order valence-corrected chi connectivity index (χ3v) is 4.21. The number of rotatable bonds is 2. The molecular formula is C17H16F2N2O3. The number of nitrogens with zero attached hydrogens (tertiary/aromatic N) is 2. The van der Waals surface area contributed by atoms with Gasteiger partial charge in [0.15, 0.2) is 0 Å². The molecule has 3 rings (SSSR count). The molecule has 126 valence electrons. The predicted molar refractivity (Wildman–Crippen MR) is 82.4 cm³/mol. The summed E-state index contributed by atoms with van der Waals surface area (Å²) >= 11 is 0.